The van der Waals surface area contributed by atoms with Crippen LogP contribution in [-0.2, 0) is 16.6 Å². The lowest BCUT2D eigenvalue weighted by molar-refractivity contribution is 0.0940. The predicted octanol–water partition coefficient (Wildman–Crippen LogP) is 1.32. The molecular weight excluding hydrogens is 346 g/mol. The van der Waals surface area contributed by atoms with Gasteiger partial charge < -0.3 is 10.6 Å². The molecule has 1 atom stereocenters. The van der Waals surface area contributed by atoms with Gasteiger partial charge in [-0.2, -0.15) is 11.3 Å². The number of carbonyl (C=O) groups excluding carboxylic acids is 1. The van der Waals surface area contributed by atoms with Crippen molar-refractivity contribution in [2.24, 2.45) is 0 Å². The topological polar surface area (TPSA) is 87.3 Å². The molecular formula is C16H19N3O3S2. The second kappa shape index (κ2) is 7.43. The normalized spacial score (nSPS) is 17.8. The van der Waals surface area contributed by atoms with E-state index in [9.17, 15) is 13.2 Å². The number of carbonyl (C=O) groups is 1. The predicted molar refractivity (Wildman–Crippen MR) is 93.5 cm³/mol. The Bertz CT molecular complexity index is 798. The van der Waals surface area contributed by atoms with Crippen LogP contribution in [-0.4, -0.2) is 33.5 Å². The number of hydrogen-bond donors (Lipinski definition) is 3. The molecule has 0 radical (unpaired) electrons. The molecule has 0 aliphatic carbocycles. The third kappa shape index (κ3) is 4.21. The van der Waals surface area contributed by atoms with Crippen LogP contribution in [0.4, 0.5) is 0 Å². The van der Waals surface area contributed by atoms with E-state index in [4.69, 9.17) is 0 Å². The molecule has 2 heterocycles. The van der Waals surface area contributed by atoms with E-state index in [1.54, 1.807) is 12.1 Å². The van der Waals surface area contributed by atoms with Crippen LogP contribution in [0.5, 0.6) is 0 Å². The van der Waals surface area contributed by atoms with Gasteiger partial charge in [0.05, 0.1) is 4.90 Å². The van der Waals surface area contributed by atoms with E-state index < -0.39 is 10.0 Å². The molecule has 1 aliphatic rings. The van der Waals surface area contributed by atoms with Gasteiger partial charge in [-0.1, -0.05) is 6.07 Å². The molecule has 1 aliphatic heterocycles. The van der Waals surface area contributed by atoms with Crippen molar-refractivity contribution in [2.45, 2.75) is 23.9 Å². The summed E-state index contributed by atoms with van der Waals surface area (Å²) in [5.41, 5.74) is 1.26. The first kappa shape index (κ1) is 17.1. The molecule has 3 rings (SSSR count). The summed E-state index contributed by atoms with van der Waals surface area (Å²) in [5, 5.41) is 9.87. The number of amides is 1. The van der Waals surface area contributed by atoms with E-state index in [-0.39, 0.29) is 23.4 Å². The summed E-state index contributed by atoms with van der Waals surface area (Å²) in [6.45, 7) is 1.85. The average molecular weight is 365 g/mol. The number of thiophene rings is 1. The van der Waals surface area contributed by atoms with Crippen LogP contribution in [0.15, 0.2) is 46.0 Å². The third-order valence-corrected chi connectivity index (χ3v) is 5.98. The summed E-state index contributed by atoms with van der Waals surface area (Å²) in [6, 6.07) is 8.07. The van der Waals surface area contributed by atoms with Crippen LogP contribution >= 0.6 is 11.3 Å². The van der Waals surface area contributed by atoms with Gasteiger partial charge in [0, 0.05) is 24.7 Å². The largest absolute Gasteiger partial charge is 0.348 e. The van der Waals surface area contributed by atoms with E-state index >= 15 is 0 Å². The van der Waals surface area contributed by atoms with Gasteiger partial charge in [0.25, 0.3) is 5.91 Å². The highest BCUT2D eigenvalue weighted by atomic mass is 32.2. The van der Waals surface area contributed by atoms with Crippen molar-refractivity contribution in [3.05, 3.63) is 52.2 Å². The van der Waals surface area contributed by atoms with Gasteiger partial charge in [0.2, 0.25) is 10.0 Å². The van der Waals surface area contributed by atoms with Crippen molar-refractivity contribution in [3.8, 4) is 0 Å². The van der Waals surface area contributed by atoms with E-state index in [0.29, 0.717) is 5.56 Å². The molecule has 1 aromatic carbocycles. The lowest BCUT2D eigenvalue weighted by Crippen LogP contribution is -2.36. The maximum absolute atomic E-state index is 12.4. The number of benzene rings is 1. The minimum absolute atomic E-state index is 0.0921. The Kier molecular flexibility index (Phi) is 5.30. The zero-order chi connectivity index (χ0) is 17.0. The van der Waals surface area contributed by atoms with Crippen molar-refractivity contribution in [3.63, 3.8) is 0 Å². The van der Waals surface area contributed by atoms with Crippen molar-refractivity contribution in [1.82, 2.24) is 15.4 Å². The molecule has 0 unspecified atom stereocenters. The average Bonchev–Trinajstić information content (AvgIpc) is 3.27. The minimum Gasteiger partial charge on any atom is -0.348 e. The molecule has 0 saturated carbocycles. The first-order valence-corrected chi connectivity index (χ1v) is 10.1. The molecule has 6 nitrogen and oxygen atoms in total. The summed E-state index contributed by atoms with van der Waals surface area (Å²) in [4.78, 5) is 12.4. The molecule has 1 amide bonds. The highest BCUT2D eigenvalue weighted by Crippen LogP contribution is 2.14. The van der Waals surface area contributed by atoms with Gasteiger partial charge in [-0.25, -0.2) is 13.1 Å². The molecule has 3 N–H and O–H groups in total. The molecule has 0 spiro atoms. The first-order valence-electron chi connectivity index (χ1n) is 7.67. The second-order valence-corrected chi connectivity index (χ2v) is 8.19. The van der Waals surface area contributed by atoms with Crippen LogP contribution in [0.3, 0.4) is 0 Å². The van der Waals surface area contributed by atoms with E-state index in [0.717, 1.165) is 25.1 Å². The molecule has 1 fully saturated rings. The Hall–Kier alpha value is -1.74. The van der Waals surface area contributed by atoms with Crippen molar-refractivity contribution in [1.29, 1.82) is 0 Å². The van der Waals surface area contributed by atoms with Crippen molar-refractivity contribution < 1.29 is 13.2 Å². The summed E-state index contributed by atoms with van der Waals surface area (Å²) >= 11 is 1.51. The fourth-order valence-electron chi connectivity index (χ4n) is 2.51. The van der Waals surface area contributed by atoms with Crippen LogP contribution in [0.2, 0.25) is 0 Å². The summed E-state index contributed by atoms with van der Waals surface area (Å²) in [6.07, 6.45) is 0.881. The highest BCUT2D eigenvalue weighted by Gasteiger charge is 2.20. The SMILES string of the molecule is O=C(N[C@H]1CCNC1)c1cccc(S(=O)(=O)NCc2ccsc2)c1. The Balaban J connectivity index is 1.70. The van der Waals surface area contributed by atoms with Gasteiger partial charge in [0.15, 0.2) is 0 Å². The molecule has 1 aromatic heterocycles. The van der Waals surface area contributed by atoms with Gasteiger partial charge in [-0.15, -0.1) is 0 Å². The van der Waals surface area contributed by atoms with Gasteiger partial charge in [-0.05, 0) is 53.6 Å². The van der Waals surface area contributed by atoms with Crippen LogP contribution in [0.25, 0.3) is 0 Å². The maximum atomic E-state index is 12.4. The smallest absolute Gasteiger partial charge is 0.251 e. The van der Waals surface area contributed by atoms with Gasteiger partial charge in [-0.3, -0.25) is 4.79 Å². The summed E-state index contributed by atoms with van der Waals surface area (Å²) in [7, 11) is -3.66. The summed E-state index contributed by atoms with van der Waals surface area (Å²) in [5.74, 6) is -0.251. The number of rotatable bonds is 6. The third-order valence-electron chi connectivity index (χ3n) is 3.85. The van der Waals surface area contributed by atoms with Gasteiger partial charge in [0.1, 0.15) is 0 Å². The van der Waals surface area contributed by atoms with E-state index in [1.165, 1.54) is 23.5 Å². The van der Waals surface area contributed by atoms with E-state index in [2.05, 4.69) is 15.4 Å². The van der Waals surface area contributed by atoms with Crippen LogP contribution < -0.4 is 15.4 Å². The Morgan fingerprint density at radius 1 is 1.33 bits per heavy atom. The fraction of sp³-hybridized carbons (Fsp3) is 0.312. The highest BCUT2D eigenvalue weighted by molar-refractivity contribution is 7.89. The lowest BCUT2D eigenvalue weighted by atomic mass is 10.2. The van der Waals surface area contributed by atoms with Gasteiger partial charge >= 0.3 is 0 Å². The quantitative estimate of drug-likeness (QED) is 0.720. The fourth-order valence-corrected chi connectivity index (χ4v) is 4.24. The zero-order valence-corrected chi connectivity index (χ0v) is 14.6. The Morgan fingerprint density at radius 2 is 2.21 bits per heavy atom. The first-order chi connectivity index (χ1) is 11.5. The second-order valence-electron chi connectivity index (χ2n) is 5.65. The molecule has 8 heteroatoms. The Morgan fingerprint density at radius 3 is 2.92 bits per heavy atom. The number of nitrogens with one attached hydrogen (secondary N) is 3. The maximum Gasteiger partial charge on any atom is 0.251 e. The molecule has 128 valence electrons. The minimum atomic E-state index is -3.66. The lowest BCUT2D eigenvalue weighted by Gasteiger charge is -2.12. The van der Waals surface area contributed by atoms with Crippen LogP contribution in [0.1, 0.15) is 22.3 Å². The number of hydrogen-bond acceptors (Lipinski definition) is 5. The zero-order valence-electron chi connectivity index (χ0n) is 13.0. The molecule has 24 heavy (non-hydrogen) atoms. The number of sulfonamides is 1. The molecule has 2 aromatic rings. The van der Waals surface area contributed by atoms with E-state index in [1.807, 2.05) is 16.8 Å². The van der Waals surface area contributed by atoms with Crippen molar-refractivity contribution >= 4 is 27.3 Å². The molecule has 0 bridgehead atoms. The standard InChI is InChI=1S/C16H19N3O3S2/c20-16(19-14-4-6-17-10-14)13-2-1-3-15(8-13)24(21,22)18-9-12-5-7-23-11-12/h1-3,5,7-8,11,14,17-18H,4,6,9-10H2,(H,19,20)/t14-/m0/s1. The Labute approximate surface area is 145 Å². The van der Waals surface area contributed by atoms with Crippen LogP contribution in [0, 0.1) is 0 Å². The van der Waals surface area contributed by atoms with Crippen molar-refractivity contribution in [2.75, 3.05) is 13.1 Å². The monoisotopic (exact) mass is 365 g/mol. The molecule has 1 saturated heterocycles. The summed E-state index contributed by atoms with van der Waals surface area (Å²) < 4.78 is 27.3.